The van der Waals surface area contributed by atoms with Crippen LogP contribution in [0.25, 0.3) is 11.0 Å². The van der Waals surface area contributed by atoms with Crippen LogP contribution in [0.3, 0.4) is 0 Å². The van der Waals surface area contributed by atoms with E-state index in [2.05, 4.69) is 5.32 Å². The number of fused-ring (bicyclic) bond motifs is 1. The number of nitrogens with one attached hydrogen (secondary N) is 1. The monoisotopic (exact) mass is 355 g/mol. The highest BCUT2D eigenvalue weighted by Gasteiger charge is 2.18. The summed E-state index contributed by atoms with van der Waals surface area (Å²) in [5.41, 5.74) is 1.23. The van der Waals surface area contributed by atoms with Crippen molar-refractivity contribution in [2.45, 2.75) is 23.6 Å². The lowest BCUT2D eigenvalue weighted by atomic mass is 10.2. The predicted octanol–water partition coefficient (Wildman–Crippen LogP) is 3.93. The van der Waals surface area contributed by atoms with Crippen LogP contribution in [0.2, 0.25) is 0 Å². The molecule has 6 heteroatoms. The summed E-state index contributed by atoms with van der Waals surface area (Å²) in [4.78, 5) is 24.2. The maximum atomic E-state index is 12.5. The molecule has 0 fully saturated rings. The van der Waals surface area contributed by atoms with Gasteiger partial charge in [-0.3, -0.25) is 9.59 Å². The molecule has 1 amide bonds. The summed E-state index contributed by atoms with van der Waals surface area (Å²) in [5, 5.41) is 12.2. The molecular weight excluding hydrogens is 338 g/mol. The van der Waals surface area contributed by atoms with Gasteiger partial charge in [0, 0.05) is 10.3 Å². The molecule has 1 heterocycles. The Hall–Kier alpha value is -2.73. The molecule has 0 aliphatic carbocycles. The Morgan fingerprint density at radius 1 is 1.16 bits per heavy atom. The summed E-state index contributed by atoms with van der Waals surface area (Å²) in [7, 11) is 0. The summed E-state index contributed by atoms with van der Waals surface area (Å²) >= 11 is 1.15. The number of para-hydroxylation sites is 1. The number of aliphatic carboxylic acids is 1. The number of hydrogen-bond acceptors (Lipinski definition) is 4. The fourth-order valence-corrected chi connectivity index (χ4v) is 3.31. The van der Waals surface area contributed by atoms with Gasteiger partial charge in [-0.05, 0) is 31.2 Å². The molecule has 0 radical (unpaired) electrons. The van der Waals surface area contributed by atoms with Crippen LogP contribution < -0.4 is 5.32 Å². The van der Waals surface area contributed by atoms with Gasteiger partial charge >= 0.3 is 5.97 Å². The summed E-state index contributed by atoms with van der Waals surface area (Å²) in [5.74, 6) is -0.512. The van der Waals surface area contributed by atoms with Gasteiger partial charge in [0.1, 0.15) is 16.6 Å². The molecule has 1 aromatic heterocycles. The standard InChI is InChI=1S/C19H17NO4S/c1-12(19(22)23)25-17-9-5-3-7-15(17)18(21)20-11-14-10-13-6-2-4-8-16(13)24-14/h2-10,12H,11H2,1H3,(H,20,21)(H,22,23). The van der Waals surface area contributed by atoms with Gasteiger partial charge in [0.25, 0.3) is 5.91 Å². The Bertz CT molecular complexity index is 885. The second-order valence-corrected chi connectivity index (χ2v) is 6.91. The molecule has 1 unspecified atom stereocenters. The van der Waals surface area contributed by atoms with Crippen molar-refractivity contribution in [3.8, 4) is 0 Å². The zero-order chi connectivity index (χ0) is 17.8. The Kier molecular flexibility index (Phi) is 5.09. The van der Waals surface area contributed by atoms with E-state index in [9.17, 15) is 9.59 Å². The molecule has 0 saturated carbocycles. The molecule has 3 rings (SSSR count). The van der Waals surface area contributed by atoms with E-state index in [1.54, 1.807) is 31.2 Å². The molecule has 0 spiro atoms. The van der Waals surface area contributed by atoms with E-state index in [4.69, 9.17) is 9.52 Å². The molecular formula is C19H17NO4S. The number of furan rings is 1. The number of thioether (sulfide) groups is 1. The molecule has 2 N–H and O–H groups in total. The van der Waals surface area contributed by atoms with E-state index in [0.717, 1.165) is 22.7 Å². The van der Waals surface area contributed by atoms with Crippen LogP contribution in [0, 0.1) is 0 Å². The van der Waals surface area contributed by atoms with Crippen LogP contribution in [-0.2, 0) is 11.3 Å². The number of carbonyl (C=O) groups excluding carboxylic acids is 1. The smallest absolute Gasteiger partial charge is 0.316 e. The SMILES string of the molecule is CC(Sc1ccccc1C(=O)NCc1cc2ccccc2o1)C(=O)O. The van der Waals surface area contributed by atoms with Crippen LogP contribution in [0.5, 0.6) is 0 Å². The minimum absolute atomic E-state index is 0.263. The highest BCUT2D eigenvalue weighted by atomic mass is 32.2. The topological polar surface area (TPSA) is 79.5 Å². The predicted molar refractivity (Wildman–Crippen MR) is 96.8 cm³/mol. The van der Waals surface area contributed by atoms with Gasteiger partial charge in [-0.2, -0.15) is 0 Å². The van der Waals surface area contributed by atoms with Crippen LogP contribution >= 0.6 is 11.8 Å². The van der Waals surface area contributed by atoms with Gasteiger partial charge < -0.3 is 14.8 Å². The Morgan fingerprint density at radius 2 is 1.88 bits per heavy atom. The number of rotatable bonds is 6. The van der Waals surface area contributed by atoms with Gasteiger partial charge in [0.15, 0.2) is 0 Å². The van der Waals surface area contributed by atoms with Crippen LogP contribution in [0.4, 0.5) is 0 Å². The van der Waals surface area contributed by atoms with E-state index in [1.165, 1.54) is 0 Å². The van der Waals surface area contributed by atoms with Crippen LogP contribution in [0.1, 0.15) is 23.0 Å². The quantitative estimate of drug-likeness (QED) is 0.655. The van der Waals surface area contributed by atoms with Gasteiger partial charge in [-0.25, -0.2) is 0 Å². The number of carboxylic acid groups (broad SMARTS) is 1. The third-order valence-corrected chi connectivity index (χ3v) is 4.85. The first-order valence-electron chi connectivity index (χ1n) is 7.79. The summed E-state index contributed by atoms with van der Waals surface area (Å²) in [6.07, 6.45) is 0. The Labute approximate surface area is 149 Å². The lowest BCUT2D eigenvalue weighted by molar-refractivity contribution is -0.136. The fraction of sp³-hybridized carbons (Fsp3) is 0.158. The average molecular weight is 355 g/mol. The van der Waals surface area contributed by atoms with E-state index < -0.39 is 11.2 Å². The van der Waals surface area contributed by atoms with Crippen molar-refractivity contribution < 1.29 is 19.1 Å². The minimum atomic E-state index is -0.914. The number of benzene rings is 2. The van der Waals surface area contributed by atoms with E-state index >= 15 is 0 Å². The Balaban J connectivity index is 1.71. The van der Waals surface area contributed by atoms with Crippen LogP contribution in [-0.4, -0.2) is 22.2 Å². The van der Waals surface area contributed by atoms with Crippen molar-refractivity contribution in [2.75, 3.05) is 0 Å². The third kappa shape index (κ3) is 4.03. The molecule has 5 nitrogen and oxygen atoms in total. The average Bonchev–Trinajstić information content (AvgIpc) is 3.03. The van der Waals surface area contributed by atoms with Gasteiger partial charge in [0.05, 0.1) is 12.1 Å². The molecule has 3 aromatic rings. The van der Waals surface area contributed by atoms with E-state index in [1.807, 2.05) is 30.3 Å². The van der Waals surface area contributed by atoms with Gasteiger partial charge in [-0.15, -0.1) is 11.8 Å². The normalized spacial score (nSPS) is 12.0. The Morgan fingerprint density at radius 3 is 2.64 bits per heavy atom. The maximum Gasteiger partial charge on any atom is 0.316 e. The molecule has 0 bridgehead atoms. The highest BCUT2D eigenvalue weighted by Crippen LogP contribution is 2.27. The summed E-state index contributed by atoms with van der Waals surface area (Å²) in [6, 6.07) is 16.5. The number of hydrogen-bond donors (Lipinski definition) is 2. The number of carboxylic acids is 1. The molecule has 0 aliphatic heterocycles. The lowest BCUT2D eigenvalue weighted by Gasteiger charge is -2.11. The third-order valence-electron chi connectivity index (χ3n) is 3.68. The second-order valence-electron chi connectivity index (χ2n) is 5.53. The first-order valence-corrected chi connectivity index (χ1v) is 8.66. The van der Waals surface area contributed by atoms with Gasteiger partial charge in [0.2, 0.25) is 0 Å². The highest BCUT2D eigenvalue weighted by molar-refractivity contribution is 8.00. The molecule has 0 saturated heterocycles. The van der Waals surface area contributed by atoms with Crippen LogP contribution in [0.15, 0.2) is 63.9 Å². The van der Waals surface area contributed by atoms with Crippen molar-refractivity contribution in [1.82, 2.24) is 5.32 Å². The summed E-state index contributed by atoms with van der Waals surface area (Å²) < 4.78 is 5.68. The van der Waals surface area contributed by atoms with Crippen molar-refractivity contribution >= 4 is 34.6 Å². The molecule has 128 valence electrons. The van der Waals surface area contributed by atoms with Crippen molar-refractivity contribution in [2.24, 2.45) is 0 Å². The zero-order valence-corrected chi connectivity index (χ0v) is 14.4. The number of amides is 1. The minimum Gasteiger partial charge on any atom is -0.480 e. The fourth-order valence-electron chi connectivity index (χ4n) is 2.38. The van der Waals surface area contributed by atoms with Crippen molar-refractivity contribution in [1.29, 1.82) is 0 Å². The largest absolute Gasteiger partial charge is 0.480 e. The molecule has 1 atom stereocenters. The van der Waals surface area contributed by atoms with E-state index in [0.29, 0.717) is 16.2 Å². The van der Waals surface area contributed by atoms with E-state index in [-0.39, 0.29) is 12.5 Å². The molecule has 25 heavy (non-hydrogen) atoms. The lowest BCUT2D eigenvalue weighted by Crippen LogP contribution is -2.23. The summed E-state index contributed by atoms with van der Waals surface area (Å²) in [6.45, 7) is 1.86. The zero-order valence-electron chi connectivity index (χ0n) is 13.6. The van der Waals surface area contributed by atoms with Gasteiger partial charge in [-0.1, -0.05) is 30.3 Å². The molecule has 2 aromatic carbocycles. The second kappa shape index (κ2) is 7.44. The number of carbonyl (C=O) groups is 2. The maximum absolute atomic E-state index is 12.5. The first kappa shape index (κ1) is 17.1. The van der Waals surface area contributed by atoms with Crippen molar-refractivity contribution in [3.63, 3.8) is 0 Å². The first-order chi connectivity index (χ1) is 12.0. The molecule has 0 aliphatic rings. The van der Waals surface area contributed by atoms with Crippen molar-refractivity contribution in [3.05, 3.63) is 65.9 Å².